The summed E-state index contributed by atoms with van der Waals surface area (Å²) in [7, 11) is -7.77. The number of hydrogen-bond acceptors (Lipinski definition) is 6. The van der Waals surface area contributed by atoms with E-state index < -0.39 is 32.4 Å². The Labute approximate surface area is 191 Å². The Balaban J connectivity index is 1.51. The summed E-state index contributed by atoms with van der Waals surface area (Å²) in [5, 5.41) is 0. The molecule has 2 saturated carbocycles. The highest BCUT2D eigenvalue weighted by molar-refractivity contribution is 7.87. The van der Waals surface area contributed by atoms with Gasteiger partial charge in [-0.15, -0.1) is 0 Å². The molecule has 0 spiro atoms. The molecule has 2 aromatic rings. The van der Waals surface area contributed by atoms with Gasteiger partial charge in [0.15, 0.2) is 0 Å². The van der Waals surface area contributed by atoms with Crippen LogP contribution in [0.4, 0.5) is 0 Å². The third-order valence-corrected chi connectivity index (χ3v) is 9.39. The first-order valence-corrected chi connectivity index (χ1v) is 14.0. The summed E-state index contributed by atoms with van der Waals surface area (Å²) >= 11 is 0. The summed E-state index contributed by atoms with van der Waals surface area (Å²) in [5.41, 5.74) is 1.95. The Morgan fingerprint density at radius 2 is 0.938 bits per heavy atom. The molecule has 0 heterocycles. The van der Waals surface area contributed by atoms with Gasteiger partial charge >= 0.3 is 0 Å². The summed E-state index contributed by atoms with van der Waals surface area (Å²) in [4.78, 5) is 0.298. The van der Waals surface area contributed by atoms with Crippen molar-refractivity contribution in [3.05, 3.63) is 59.7 Å². The van der Waals surface area contributed by atoms with Crippen molar-refractivity contribution >= 4 is 20.2 Å². The van der Waals surface area contributed by atoms with Gasteiger partial charge < -0.3 is 0 Å². The van der Waals surface area contributed by atoms with E-state index >= 15 is 0 Å². The molecule has 32 heavy (non-hydrogen) atoms. The highest BCUT2D eigenvalue weighted by atomic mass is 32.2. The predicted octanol–water partition coefficient (Wildman–Crippen LogP) is 4.75. The van der Waals surface area contributed by atoms with Crippen LogP contribution in [0.2, 0.25) is 0 Å². The molecule has 0 saturated heterocycles. The number of hydrogen-bond donors (Lipinski definition) is 0. The molecule has 0 aliphatic heterocycles. The zero-order valence-corrected chi connectivity index (χ0v) is 20.1. The second-order valence-corrected chi connectivity index (χ2v) is 12.1. The molecule has 2 fully saturated rings. The van der Waals surface area contributed by atoms with Crippen LogP contribution in [-0.2, 0) is 28.6 Å². The minimum absolute atomic E-state index is 0.0454. The largest absolute Gasteiger partial charge is 0.297 e. The molecule has 0 radical (unpaired) electrons. The highest BCUT2D eigenvalue weighted by Crippen LogP contribution is 2.44. The van der Waals surface area contributed by atoms with Crippen LogP contribution in [0, 0.1) is 25.7 Å². The molecule has 0 aromatic heterocycles. The molecular weight excluding hydrogens is 448 g/mol. The van der Waals surface area contributed by atoms with Gasteiger partial charge in [0.25, 0.3) is 20.2 Å². The van der Waals surface area contributed by atoms with Gasteiger partial charge in [0.2, 0.25) is 0 Å². The highest BCUT2D eigenvalue weighted by Gasteiger charge is 2.45. The lowest BCUT2D eigenvalue weighted by atomic mass is 9.68. The van der Waals surface area contributed by atoms with E-state index in [1.54, 1.807) is 48.5 Å². The molecule has 2 aliphatic rings. The average molecular weight is 479 g/mol. The molecule has 4 atom stereocenters. The van der Waals surface area contributed by atoms with Crippen LogP contribution in [0.25, 0.3) is 0 Å². The van der Waals surface area contributed by atoms with Gasteiger partial charge in [-0.2, -0.15) is 16.8 Å². The maximum absolute atomic E-state index is 12.9. The topological polar surface area (TPSA) is 86.7 Å². The molecule has 174 valence electrons. The third-order valence-electron chi connectivity index (χ3n) is 6.69. The SMILES string of the molecule is Cc1ccc(S(=O)(=O)OC2CCC(OS(=O)(=O)c3ccc(C)cc3)C3CCCCC23)cc1. The van der Waals surface area contributed by atoms with E-state index in [9.17, 15) is 16.8 Å². The Bertz CT molecular complexity index is 1040. The molecule has 4 unspecified atom stereocenters. The Kier molecular flexibility index (Phi) is 6.77. The Morgan fingerprint density at radius 3 is 1.28 bits per heavy atom. The smallest absolute Gasteiger partial charge is 0.263 e. The van der Waals surface area contributed by atoms with Crippen LogP contribution in [0.1, 0.15) is 49.7 Å². The van der Waals surface area contributed by atoms with Crippen LogP contribution < -0.4 is 0 Å². The lowest BCUT2D eigenvalue weighted by molar-refractivity contribution is -0.0356. The van der Waals surface area contributed by atoms with E-state index in [4.69, 9.17) is 8.37 Å². The summed E-state index contributed by atoms with van der Waals surface area (Å²) in [5.74, 6) is -0.0908. The molecule has 2 aliphatic carbocycles. The van der Waals surface area contributed by atoms with Crippen molar-refractivity contribution in [2.45, 2.75) is 74.4 Å². The molecule has 4 rings (SSSR count). The lowest BCUT2D eigenvalue weighted by Gasteiger charge is -2.44. The quantitative estimate of drug-likeness (QED) is 0.557. The standard InChI is InChI=1S/C24H30O6S2/c1-17-7-11-19(12-8-17)31(25,26)29-23-15-16-24(22-6-4-3-5-21(22)23)30-32(27,28)20-13-9-18(2)10-14-20/h7-14,21-24H,3-6,15-16H2,1-2H3. The lowest BCUT2D eigenvalue weighted by Crippen LogP contribution is -2.46. The van der Waals surface area contributed by atoms with Crippen molar-refractivity contribution in [2.24, 2.45) is 11.8 Å². The molecule has 0 N–H and O–H groups in total. The van der Waals surface area contributed by atoms with Gasteiger partial charge in [-0.3, -0.25) is 8.37 Å². The van der Waals surface area contributed by atoms with Crippen LogP contribution >= 0.6 is 0 Å². The summed E-state index contributed by atoms with van der Waals surface area (Å²) < 4.78 is 62.9. The minimum Gasteiger partial charge on any atom is -0.263 e. The Hall–Kier alpha value is -1.74. The molecule has 6 nitrogen and oxygen atoms in total. The minimum atomic E-state index is -3.89. The van der Waals surface area contributed by atoms with Crippen molar-refractivity contribution < 1.29 is 25.2 Å². The van der Waals surface area contributed by atoms with Crippen molar-refractivity contribution in [1.29, 1.82) is 0 Å². The first kappa shape index (κ1) is 23.4. The van der Waals surface area contributed by atoms with Crippen LogP contribution in [0.3, 0.4) is 0 Å². The first-order valence-electron chi connectivity index (χ1n) is 11.2. The van der Waals surface area contributed by atoms with Gasteiger partial charge in [0.1, 0.15) is 0 Å². The second kappa shape index (κ2) is 9.25. The molecular formula is C24H30O6S2. The van der Waals surface area contributed by atoms with E-state index in [0.29, 0.717) is 12.8 Å². The monoisotopic (exact) mass is 478 g/mol. The van der Waals surface area contributed by atoms with Crippen LogP contribution in [-0.4, -0.2) is 29.0 Å². The van der Waals surface area contributed by atoms with Crippen molar-refractivity contribution in [2.75, 3.05) is 0 Å². The average Bonchev–Trinajstić information content (AvgIpc) is 2.76. The fraction of sp³-hybridized carbons (Fsp3) is 0.500. The Morgan fingerprint density at radius 1 is 0.594 bits per heavy atom. The fourth-order valence-corrected chi connectivity index (χ4v) is 7.24. The number of aryl methyl sites for hydroxylation is 2. The van der Waals surface area contributed by atoms with Gasteiger partial charge in [-0.1, -0.05) is 48.2 Å². The molecule has 0 amide bonds. The van der Waals surface area contributed by atoms with Gasteiger partial charge in [0, 0.05) is 0 Å². The zero-order valence-electron chi connectivity index (χ0n) is 18.4. The first-order chi connectivity index (χ1) is 15.2. The number of benzene rings is 2. The van der Waals surface area contributed by atoms with E-state index in [1.807, 2.05) is 13.8 Å². The van der Waals surface area contributed by atoms with Crippen molar-refractivity contribution in [1.82, 2.24) is 0 Å². The molecule has 8 heteroatoms. The summed E-state index contributed by atoms with van der Waals surface area (Å²) in [6.45, 7) is 3.80. The van der Waals surface area contributed by atoms with Gasteiger partial charge in [-0.25, -0.2) is 0 Å². The third kappa shape index (κ3) is 5.09. The zero-order chi connectivity index (χ0) is 22.9. The normalized spacial score (nSPS) is 26.4. The van der Waals surface area contributed by atoms with Gasteiger partial charge in [0.05, 0.1) is 22.0 Å². The van der Waals surface area contributed by atoms with E-state index in [1.165, 1.54) is 0 Å². The number of fused-ring (bicyclic) bond motifs is 1. The van der Waals surface area contributed by atoms with Crippen molar-refractivity contribution in [3.8, 4) is 0 Å². The van der Waals surface area contributed by atoms with Crippen molar-refractivity contribution in [3.63, 3.8) is 0 Å². The second-order valence-electron chi connectivity index (χ2n) is 8.99. The summed E-state index contributed by atoms with van der Waals surface area (Å²) in [6, 6.07) is 13.2. The van der Waals surface area contributed by atoms with Crippen LogP contribution in [0.15, 0.2) is 58.3 Å². The fourth-order valence-electron chi connectivity index (χ4n) is 4.95. The van der Waals surface area contributed by atoms with Crippen LogP contribution in [0.5, 0.6) is 0 Å². The maximum atomic E-state index is 12.9. The van der Waals surface area contributed by atoms with E-state index in [0.717, 1.165) is 36.8 Å². The van der Waals surface area contributed by atoms with E-state index in [2.05, 4.69) is 0 Å². The molecule has 2 aromatic carbocycles. The molecule has 0 bridgehead atoms. The number of rotatable bonds is 6. The summed E-state index contributed by atoms with van der Waals surface area (Å²) in [6.07, 6.45) is 3.53. The maximum Gasteiger partial charge on any atom is 0.297 e. The van der Waals surface area contributed by atoms with Gasteiger partial charge in [-0.05, 0) is 75.6 Å². The predicted molar refractivity (Wildman–Crippen MR) is 121 cm³/mol. The van der Waals surface area contributed by atoms with E-state index in [-0.39, 0.29) is 21.6 Å².